The lowest BCUT2D eigenvalue weighted by Crippen LogP contribution is -2.32. The predicted molar refractivity (Wildman–Crippen MR) is 78.7 cm³/mol. The van der Waals surface area contributed by atoms with Crippen molar-refractivity contribution >= 4 is 0 Å². The van der Waals surface area contributed by atoms with Crippen molar-refractivity contribution in [2.75, 3.05) is 13.2 Å². The summed E-state index contributed by atoms with van der Waals surface area (Å²) < 4.78 is 0. The summed E-state index contributed by atoms with van der Waals surface area (Å²) in [6, 6.07) is 0.707. The first-order valence-electron chi connectivity index (χ1n) is 7.77. The zero-order valence-electron chi connectivity index (χ0n) is 12.8. The van der Waals surface area contributed by atoms with Crippen molar-refractivity contribution in [2.45, 2.75) is 72.3 Å². The highest BCUT2D eigenvalue weighted by Crippen LogP contribution is 2.36. The first-order valence-corrected chi connectivity index (χ1v) is 7.77. The van der Waals surface area contributed by atoms with Crippen molar-refractivity contribution in [3.63, 3.8) is 0 Å². The van der Waals surface area contributed by atoms with E-state index in [0.717, 1.165) is 18.9 Å². The van der Waals surface area contributed by atoms with Crippen molar-refractivity contribution in [3.05, 3.63) is 0 Å². The molecule has 3 atom stereocenters. The van der Waals surface area contributed by atoms with Gasteiger partial charge < -0.3 is 10.4 Å². The van der Waals surface area contributed by atoms with Crippen molar-refractivity contribution < 1.29 is 5.11 Å². The fourth-order valence-electron chi connectivity index (χ4n) is 3.06. The Kier molecular flexibility index (Phi) is 6.65. The molecule has 1 aliphatic rings. The third kappa shape index (κ3) is 5.71. The maximum absolute atomic E-state index is 8.92. The van der Waals surface area contributed by atoms with Crippen LogP contribution in [0.15, 0.2) is 0 Å². The molecular weight excluding hydrogens is 222 g/mol. The van der Waals surface area contributed by atoms with Crippen molar-refractivity contribution in [1.82, 2.24) is 5.32 Å². The molecule has 1 aliphatic carbocycles. The second-order valence-corrected chi connectivity index (χ2v) is 7.29. The molecule has 0 amide bonds. The van der Waals surface area contributed by atoms with Crippen LogP contribution in [-0.2, 0) is 0 Å². The molecule has 0 saturated heterocycles. The van der Waals surface area contributed by atoms with E-state index in [9.17, 15) is 0 Å². The average molecular weight is 255 g/mol. The summed E-state index contributed by atoms with van der Waals surface area (Å²) in [5, 5.41) is 12.6. The minimum absolute atomic E-state index is 0.319. The summed E-state index contributed by atoms with van der Waals surface area (Å²) in [6.07, 6.45) is 7.72. The standard InChI is InChI=1S/C16H33NO/c1-13(10-11-18)12-17-15-7-5-6-14(8-9-15)16(2,3)4/h13-15,17-18H,5-12H2,1-4H3. The van der Waals surface area contributed by atoms with E-state index in [0.29, 0.717) is 24.0 Å². The fourth-order valence-corrected chi connectivity index (χ4v) is 3.06. The van der Waals surface area contributed by atoms with Gasteiger partial charge in [-0.2, -0.15) is 0 Å². The van der Waals surface area contributed by atoms with Gasteiger partial charge in [-0.15, -0.1) is 0 Å². The SMILES string of the molecule is CC(CCO)CNC1CCCC(C(C)(C)C)CC1. The zero-order chi connectivity index (χ0) is 13.6. The number of aliphatic hydroxyl groups excluding tert-OH is 1. The summed E-state index contributed by atoms with van der Waals surface area (Å²) >= 11 is 0. The molecule has 0 aromatic heterocycles. The second-order valence-electron chi connectivity index (χ2n) is 7.29. The summed E-state index contributed by atoms with van der Waals surface area (Å²) in [7, 11) is 0. The molecular formula is C16H33NO. The van der Waals surface area contributed by atoms with E-state index in [2.05, 4.69) is 33.0 Å². The van der Waals surface area contributed by atoms with Gasteiger partial charge in [0.2, 0.25) is 0 Å². The van der Waals surface area contributed by atoms with Gasteiger partial charge in [-0.25, -0.2) is 0 Å². The molecule has 0 spiro atoms. The van der Waals surface area contributed by atoms with E-state index in [-0.39, 0.29) is 0 Å². The van der Waals surface area contributed by atoms with Crippen molar-refractivity contribution in [3.8, 4) is 0 Å². The van der Waals surface area contributed by atoms with Crippen LogP contribution in [0.2, 0.25) is 0 Å². The Balaban J connectivity index is 2.29. The molecule has 0 aromatic carbocycles. The van der Waals surface area contributed by atoms with E-state index in [1.807, 2.05) is 0 Å². The molecule has 2 heteroatoms. The molecule has 1 saturated carbocycles. The van der Waals surface area contributed by atoms with Crippen LogP contribution in [0.1, 0.15) is 66.2 Å². The van der Waals surface area contributed by atoms with Crippen LogP contribution in [0, 0.1) is 17.3 Å². The van der Waals surface area contributed by atoms with Gasteiger partial charge >= 0.3 is 0 Å². The van der Waals surface area contributed by atoms with Crippen LogP contribution < -0.4 is 5.32 Å². The lowest BCUT2D eigenvalue weighted by molar-refractivity contribution is 0.213. The van der Waals surface area contributed by atoms with Gasteiger partial charge in [-0.05, 0) is 55.9 Å². The number of hydrogen-bond acceptors (Lipinski definition) is 2. The Bertz CT molecular complexity index is 222. The first-order chi connectivity index (χ1) is 8.43. The fraction of sp³-hybridized carbons (Fsp3) is 1.00. The van der Waals surface area contributed by atoms with Crippen molar-refractivity contribution in [2.24, 2.45) is 17.3 Å². The molecule has 0 bridgehead atoms. The molecule has 2 N–H and O–H groups in total. The number of nitrogens with one attached hydrogen (secondary N) is 1. The number of aliphatic hydroxyl groups is 1. The van der Waals surface area contributed by atoms with Gasteiger partial charge in [0.15, 0.2) is 0 Å². The van der Waals surface area contributed by atoms with Crippen LogP contribution in [0.25, 0.3) is 0 Å². The lowest BCUT2D eigenvalue weighted by atomic mass is 9.76. The van der Waals surface area contributed by atoms with Crippen LogP contribution >= 0.6 is 0 Å². The molecule has 108 valence electrons. The van der Waals surface area contributed by atoms with Crippen LogP contribution in [0.4, 0.5) is 0 Å². The van der Waals surface area contributed by atoms with E-state index in [4.69, 9.17) is 5.11 Å². The first kappa shape index (κ1) is 16.0. The minimum atomic E-state index is 0.319. The summed E-state index contributed by atoms with van der Waals surface area (Å²) in [4.78, 5) is 0. The highest BCUT2D eigenvalue weighted by molar-refractivity contribution is 4.81. The van der Waals surface area contributed by atoms with Crippen LogP contribution in [-0.4, -0.2) is 24.3 Å². The molecule has 2 nitrogen and oxygen atoms in total. The van der Waals surface area contributed by atoms with Gasteiger partial charge in [0, 0.05) is 12.6 Å². The maximum Gasteiger partial charge on any atom is 0.0434 e. The summed E-state index contributed by atoms with van der Waals surface area (Å²) in [5.41, 5.74) is 0.471. The summed E-state index contributed by atoms with van der Waals surface area (Å²) in [5.74, 6) is 1.48. The largest absolute Gasteiger partial charge is 0.396 e. The summed E-state index contributed by atoms with van der Waals surface area (Å²) in [6.45, 7) is 10.8. The zero-order valence-corrected chi connectivity index (χ0v) is 12.8. The third-order valence-electron chi connectivity index (χ3n) is 4.57. The molecule has 0 aromatic rings. The highest BCUT2D eigenvalue weighted by Gasteiger charge is 2.27. The molecule has 0 aliphatic heterocycles. The van der Waals surface area contributed by atoms with Crippen LogP contribution in [0.5, 0.6) is 0 Å². The molecule has 0 radical (unpaired) electrons. The molecule has 0 heterocycles. The Morgan fingerprint density at radius 1 is 1.17 bits per heavy atom. The highest BCUT2D eigenvalue weighted by atomic mass is 16.3. The van der Waals surface area contributed by atoms with E-state index in [1.54, 1.807) is 0 Å². The predicted octanol–water partition coefficient (Wildman–Crippen LogP) is 3.59. The lowest BCUT2D eigenvalue weighted by Gasteiger charge is -2.29. The van der Waals surface area contributed by atoms with E-state index < -0.39 is 0 Å². The Morgan fingerprint density at radius 2 is 1.89 bits per heavy atom. The molecule has 3 unspecified atom stereocenters. The van der Waals surface area contributed by atoms with E-state index >= 15 is 0 Å². The van der Waals surface area contributed by atoms with E-state index in [1.165, 1.54) is 32.1 Å². The minimum Gasteiger partial charge on any atom is -0.396 e. The molecule has 1 fully saturated rings. The number of hydrogen-bond donors (Lipinski definition) is 2. The molecule has 1 rings (SSSR count). The normalized spacial score (nSPS) is 27.8. The molecule has 18 heavy (non-hydrogen) atoms. The maximum atomic E-state index is 8.92. The number of rotatable bonds is 5. The topological polar surface area (TPSA) is 32.3 Å². The smallest absolute Gasteiger partial charge is 0.0434 e. The van der Waals surface area contributed by atoms with Crippen molar-refractivity contribution in [1.29, 1.82) is 0 Å². The van der Waals surface area contributed by atoms with Gasteiger partial charge in [0.1, 0.15) is 0 Å². The monoisotopic (exact) mass is 255 g/mol. The third-order valence-corrected chi connectivity index (χ3v) is 4.57. The van der Waals surface area contributed by atoms with Gasteiger partial charge in [-0.1, -0.05) is 34.1 Å². The van der Waals surface area contributed by atoms with Gasteiger partial charge in [0.05, 0.1) is 0 Å². The van der Waals surface area contributed by atoms with Crippen LogP contribution in [0.3, 0.4) is 0 Å². The quantitative estimate of drug-likeness (QED) is 0.736. The second kappa shape index (κ2) is 7.49. The van der Waals surface area contributed by atoms with Gasteiger partial charge in [0.25, 0.3) is 0 Å². The Labute approximate surface area is 114 Å². The average Bonchev–Trinajstić information content (AvgIpc) is 2.51. The Hall–Kier alpha value is -0.0800. The Morgan fingerprint density at radius 3 is 2.50 bits per heavy atom. The van der Waals surface area contributed by atoms with Gasteiger partial charge in [-0.3, -0.25) is 0 Å².